The van der Waals surface area contributed by atoms with Gasteiger partial charge in [0.15, 0.2) is 0 Å². The van der Waals surface area contributed by atoms with E-state index in [1.807, 2.05) is 0 Å². The molecular weight excluding hydrogens is 428 g/mol. The van der Waals surface area contributed by atoms with E-state index in [0.717, 1.165) is 19.3 Å². The molecule has 1 saturated carbocycles. The normalized spacial score (nSPS) is 22.9. The molecule has 2 heterocycles. The number of hydrogen-bond acceptors (Lipinski definition) is 4. The molecule has 2 fully saturated rings. The number of rotatable bonds is 3. The molecule has 1 aliphatic heterocycles. The monoisotopic (exact) mass is 448 g/mol. The number of benzene rings is 2. The number of carboxylic acid groups (broad SMARTS) is 1. The summed E-state index contributed by atoms with van der Waals surface area (Å²) in [6.45, 7) is 2.13. The van der Waals surface area contributed by atoms with E-state index in [4.69, 9.17) is 11.6 Å². The highest BCUT2D eigenvalue weighted by Crippen LogP contribution is 2.42. The van der Waals surface area contributed by atoms with Gasteiger partial charge in [-0.05, 0) is 61.6 Å². The van der Waals surface area contributed by atoms with Gasteiger partial charge in [-0.2, -0.15) is 0 Å². The molecule has 32 heavy (non-hydrogen) atoms. The third kappa shape index (κ3) is 3.35. The Bertz CT molecular complexity index is 1270. The van der Waals surface area contributed by atoms with E-state index in [9.17, 15) is 19.5 Å². The fourth-order valence-corrected chi connectivity index (χ4v) is 5.12. The van der Waals surface area contributed by atoms with Crippen LogP contribution in [0.5, 0.6) is 0 Å². The number of carbonyl (C=O) groups excluding carboxylic acids is 2. The van der Waals surface area contributed by atoms with E-state index >= 15 is 0 Å². The lowest BCUT2D eigenvalue weighted by Gasteiger charge is -2.25. The van der Waals surface area contributed by atoms with Crippen molar-refractivity contribution >= 4 is 46.0 Å². The summed E-state index contributed by atoms with van der Waals surface area (Å²) in [5.41, 5.74) is 2.36. The fraction of sp³-hybridized carbons (Fsp3) is 0.280. The number of aromatic carboxylic acids is 1. The lowest BCUT2D eigenvalue weighted by atomic mass is 9.76. The van der Waals surface area contributed by atoms with E-state index < -0.39 is 5.97 Å². The SMILES string of the molecule is CC1CCC2C(=O)N(c3ccc(-c4cc(C(=O)O)c5cc(Cl)ccc5n4)cc3)C(=O)C2C1. The van der Waals surface area contributed by atoms with Gasteiger partial charge >= 0.3 is 5.97 Å². The van der Waals surface area contributed by atoms with Crippen LogP contribution in [0, 0.1) is 17.8 Å². The molecule has 162 valence electrons. The van der Waals surface area contributed by atoms with E-state index in [1.54, 1.807) is 42.5 Å². The molecule has 2 aliphatic rings. The number of fused-ring (bicyclic) bond motifs is 2. The number of anilines is 1. The largest absolute Gasteiger partial charge is 0.478 e. The van der Waals surface area contributed by atoms with Crippen LogP contribution >= 0.6 is 11.6 Å². The van der Waals surface area contributed by atoms with Crippen molar-refractivity contribution in [3.63, 3.8) is 0 Å². The zero-order chi connectivity index (χ0) is 22.6. The van der Waals surface area contributed by atoms with E-state index in [1.165, 1.54) is 11.0 Å². The van der Waals surface area contributed by atoms with Gasteiger partial charge < -0.3 is 5.11 Å². The van der Waals surface area contributed by atoms with Gasteiger partial charge in [-0.1, -0.05) is 30.7 Å². The van der Waals surface area contributed by atoms with Gasteiger partial charge in [-0.3, -0.25) is 14.5 Å². The fourth-order valence-electron chi connectivity index (χ4n) is 4.95. The van der Waals surface area contributed by atoms with Gasteiger partial charge in [0.1, 0.15) is 0 Å². The minimum Gasteiger partial charge on any atom is -0.478 e. The molecule has 0 spiro atoms. The molecule has 1 aromatic heterocycles. The minimum absolute atomic E-state index is 0.111. The number of carboxylic acids is 1. The van der Waals surface area contributed by atoms with Gasteiger partial charge in [0.2, 0.25) is 11.8 Å². The third-order valence-corrected chi connectivity index (χ3v) is 6.85. The van der Waals surface area contributed by atoms with Gasteiger partial charge in [0, 0.05) is 16.0 Å². The Morgan fingerprint density at radius 1 is 1.03 bits per heavy atom. The van der Waals surface area contributed by atoms with Crippen molar-refractivity contribution in [3.05, 3.63) is 59.1 Å². The highest BCUT2D eigenvalue weighted by molar-refractivity contribution is 6.31. The van der Waals surface area contributed by atoms with Crippen molar-refractivity contribution in [2.45, 2.75) is 26.2 Å². The summed E-state index contributed by atoms with van der Waals surface area (Å²) in [6.07, 6.45) is 2.48. The third-order valence-electron chi connectivity index (χ3n) is 6.61. The Balaban J connectivity index is 1.50. The first-order valence-corrected chi connectivity index (χ1v) is 11.0. The van der Waals surface area contributed by atoms with Crippen molar-refractivity contribution in [2.75, 3.05) is 4.90 Å². The number of nitrogens with zero attached hydrogens (tertiary/aromatic N) is 2. The standard InChI is InChI=1S/C25H21ClN2O4/c1-13-2-8-17-19(10-13)24(30)28(23(17)29)16-6-3-14(4-7-16)22-12-20(25(31)32)18-11-15(26)5-9-21(18)27-22/h3-7,9,11-13,17,19H,2,8,10H2,1H3,(H,31,32). The second-order valence-electron chi connectivity index (χ2n) is 8.71. The molecule has 5 rings (SSSR count). The van der Waals surface area contributed by atoms with Crippen LogP contribution in [0.15, 0.2) is 48.5 Å². The van der Waals surface area contributed by atoms with Gasteiger partial charge in [-0.25, -0.2) is 9.78 Å². The molecule has 6 nitrogen and oxygen atoms in total. The number of carbonyl (C=O) groups is 3. The molecule has 2 aromatic carbocycles. The molecule has 3 atom stereocenters. The van der Waals surface area contributed by atoms with Crippen LogP contribution in [0.3, 0.4) is 0 Å². The maximum absolute atomic E-state index is 13.0. The summed E-state index contributed by atoms with van der Waals surface area (Å²) >= 11 is 6.03. The summed E-state index contributed by atoms with van der Waals surface area (Å²) in [7, 11) is 0. The van der Waals surface area contributed by atoms with Crippen LogP contribution in [0.2, 0.25) is 5.02 Å². The molecule has 1 saturated heterocycles. The predicted molar refractivity (Wildman–Crippen MR) is 122 cm³/mol. The second-order valence-corrected chi connectivity index (χ2v) is 9.15. The van der Waals surface area contributed by atoms with Crippen molar-refractivity contribution in [2.24, 2.45) is 17.8 Å². The maximum atomic E-state index is 13.0. The predicted octanol–water partition coefficient (Wildman–Crippen LogP) is 5.18. The van der Waals surface area contributed by atoms with E-state index in [0.29, 0.717) is 38.8 Å². The summed E-state index contributed by atoms with van der Waals surface area (Å²) in [6, 6.07) is 13.4. The molecule has 1 aliphatic carbocycles. The molecule has 3 aromatic rings. The Morgan fingerprint density at radius 3 is 2.47 bits per heavy atom. The quantitative estimate of drug-likeness (QED) is 0.558. The van der Waals surface area contributed by atoms with Crippen LogP contribution in [0.25, 0.3) is 22.2 Å². The Kier molecular flexibility index (Phi) is 4.97. The lowest BCUT2D eigenvalue weighted by molar-refractivity contribution is -0.122. The Morgan fingerprint density at radius 2 is 1.75 bits per heavy atom. The highest BCUT2D eigenvalue weighted by atomic mass is 35.5. The van der Waals surface area contributed by atoms with Crippen molar-refractivity contribution in [3.8, 4) is 11.3 Å². The average molecular weight is 449 g/mol. The summed E-state index contributed by atoms with van der Waals surface area (Å²) in [5.74, 6) is -1.29. The Labute approximate surface area is 189 Å². The number of pyridine rings is 1. The van der Waals surface area contributed by atoms with Crippen LogP contribution in [-0.4, -0.2) is 27.9 Å². The zero-order valence-corrected chi connectivity index (χ0v) is 18.2. The van der Waals surface area contributed by atoms with Crippen LogP contribution in [-0.2, 0) is 9.59 Å². The molecule has 1 N–H and O–H groups in total. The smallest absolute Gasteiger partial charge is 0.336 e. The highest BCUT2D eigenvalue weighted by Gasteiger charge is 2.49. The first kappa shape index (κ1) is 20.6. The molecule has 2 amide bonds. The summed E-state index contributed by atoms with van der Waals surface area (Å²) in [5, 5.41) is 10.6. The van der Waals surface area contributed by atoms with Gasteiger partial charge in [0.05, 0.1) is 34.3 Å². The van der Waals surface area contributed by atoms with Gasteiger partial charge in [-0.15, -0.1) is 0 Å². The summed E-state index contributed by atoms with van der Waals surface area (Å²) in [4.78, 5) is 43.6. The van der Waals surface area contributed by atoms with E-state index in [-0.39, 0.29) is 29.2 Å². The van der Waals surface area contributed by atoms with Gasteiger partial charge in [0.25, 0.3) is 0 Å². The molecule has 7 heteroatoms. The van der Waals surface area contributed by atoms with Crippen LogP contribution in [0.1, 0.15) is 36.5 Å². The van der Waals surface area contributed by atoms with Crippen molar-refractivity contribution in [1.82, 2.24) is 4.98 Å². The minimum atomic E-state index is -1.07. The second kappa shape index (κ2) is 7.71. The number of imide groups is 1. The number of halogens is 1. The molecule has 0 bridgehead atoms. The van der Waals surface area contributed by atoms with Crippen molar-refractivity contribution < 1.29 is 19.5 Å². The average Bonchev–Trinajstić information content (AvgIpc) is 3.02. The number of hydrogen-bond donors (Lipinski definition) is 1. The lowest BCUT2D eigenvalue weighted by Crippen LogP contribution is -2.30. The molecule has 3 unspecified atom stereocenters. The topological polar surface area (TPSA) is 87.6 Å². The summed E-state index contributed by atoms with van der Waals surface area (Å²) < 4.78 is 0. The first-order chi connectivity index (χ1) is 15.3. The maximum Gasteiger partial charge on any atom is 0.336 e. The molecular formula is C25H21ClN2O4. The van der Waals surface area contributed by atoms with Crippen molar-refractivity contribution in [1.29, 1.82) is 0 Å². The van der Waals surface area contributed by atoms with E-state index in [2.05, 4.69) is 11.9 Å². The number of amides is 2. The zero-order valence-electron chi connectivity index (χ0n) is 17.4. The van der Waals surface area contributed by atoms with Crippen LogP contribution in [0.4, 0.5) is 5.69 Å². The van der Waals surface area contributed by atoms with Crippen LogP contribution < -0.4 is 4.90 Å². The number of aromatic nitrogens is 1. The first-order valence-electron chi connectivity index (χ1n) is 10.7. The Hall–Kier alpha value is -3.25. The molecule has 0 radical (unpaired) electrons.